The van der Waals surface area contributed by atoms with Gasteiger partial charge in [-0.25, -0.2) is 0 Å². The maximum absolute atomic E-state index is 3.88. The topological polar surface area (TPSA) is 12.0 Å². The van der Waals surface area contributed by atoms with Crippen LogP contribution in [0.25, 0.3) is 0 Å². The van der Waals surface area contributed by atoms with Crippen LogP contribution in [0.5, 0.6) is 0 Å². The Kier molecular flexibility index (Phi) is 3.98. The highest BCUT2D eigenvalue weighted by Crippen LogP contribution is 2.51. The molecule has 1 N–H and O–H groups in total. The van der Waals surface area contributed by atoms with E-state index >= 15 is 0 Å². The number of nitrogens with one attached hydrogen (secondary N) is 1. The van der Waals surface area contributed by atoms with E-state index in [2.05, 4.69) is 19.2 Å². The third-order valence-corrected chi connectivity index (χ3v) is 6.10. The lowest BCUT2D eigenvalue weighted by atomic mass is 9.80. The smallest absolute Gasteiger partial charge is 0.00980 e. The van der Waals surface area contributed by atoms with Gasteiger partial charge >= 0.3 is 0 Å². The Labute approximate surface area is 113 Å². The van der Waals surface area contributed by atoms with Gasteiger partial charge in [0.15, 0.2) is 0 Å². The average molecular weight is 249 g/mol. The maximum atomic E-state index is 3.88. The zero-order valence-electron chi connectivity index (χ0n) is 12.3. The van der Waals surface area contributed by atoms with Crippen LogP contribution in [0.4, 0.5) is 0 Å². The minimum absolute atomic E-state index is 0.821. The van der Waals surface area contributed by atoms with Crippen molar-refractivity contribution in [3.05, 3.63) is 0 Å². The van der Waals surface area contributed by atoms with E-state index in [-0.39, 0.29) is 0 Å². The minimum atomic E-state index is 0.821. The molecule has 3 saturated carbocycles. The van der Waals surface area contributed by atoms with E-state index in [0.29, 0.717) is 0 Å². The van der Waals surface area contributed by atoms with Crippen LogP contribution < -0.4 is 5.32 Å². The van der Waals surface area contributed by atoms with Crippen LogP contribution in [-0.2, 0) is 0 Å². The molecule has 0 amide bonds. The fourth-order valence-electron chi connectivity index (χ4n) is 4.76. The quantitative estimate of drug-likeness (QED) is 0.712. The zero-order valence-corrected chi connectivity index (χ0v) is 12.3. The molecule has 0 aromatic carbocycles. The Bertz CT molecular complexity index is 271. The van der Waals surface area contributed by atoms with Crippen molar-refractivity contribution in [1.29, 1.82) is 0 Å². The van der Waals surface area contributed by atoms with E-state index in [0.717, 1.165) is 35.6 Å². The normalized spacial score (nSPS) is 38.0. The van der Waals surface area contributed by atoms with E-state index < -0.39 is 0 Å². The summed E-state index contributed by atoms with van der Waals surface area (Å²) >= 11 is 0. The Hall–Kier alpha value is -0.0400. The summed E-state index contributed by atoms with van der Waals surface area (Å²) in [7, 11) is 0. The SMILES string of the molecule is CCCNC(CC1CC2CCC1C2)C(C)C1CC1. The molecule has 0 aliphatic heterocycles. The Morgan fingerprint density at radius 3 is 2.50 bits per heavy atom. The maximum Gasteiger partial charge on any atom is 0.00980 e. The van der Waals surface area contributed by atoms with Crippen LogP contribution >= 0.6 is 0 Å². The first-order valence-corrected chi connectivity index (χ1v) is 8.51. The van der Waals surface area contributed by atoms with Crippen molar-refractivity contribution < 1.29 is 0 Å². The molecule has 0 aromatic heterocycles. The summed E-state index contributed by atoms with van der Waals surface area (Å²) in [6.07, 6.45) is 12.0. The molecule has 2 bridgehead atoms. The molecule has 3 aliphatic carbocycles. The highest BCUT2D eigenvalue weighted by molar-refractivity contribution is 4.94. The van der Waals surface area contributed by atoms with Gasteiger partial charge in [0.25, 0.3) is 0 Å². The fraction of sp³-hybridized carbons (Fsp3) is 1.00. The predicted molar refractivity (Wildman–Crippen MR) is 77.5 cm³/mol. The molecule has 0 aromatic rings. The molecular weight excluding hydrogens is 218 g/mol. The Morgan fingerprint density at radius 2 is 1.94 bits per heavy atom. The van der Waals surface area contributed by atoms with Crippen molar-refractivity contribution in [2.45, 2.75) is 71.3 Å². The van der Waals surface area contributed by atoms with Gasteiger partial charge in [-0.2, -0.15) is 0 Å². The molecule has 3 rings (SSSR count). The monoisotopic (exact) mass is 249 g/mol. The van der Waals surface area contributed by atoms with Gasteiger partial charge in [0.2, 0.25) is 0 Å². The van der Waals surface area contributed by atoms with Crippen LogP contribution in [0.15, 0.2) is 0 Å². The summed E-state index contributed by atoms with van der Waals surface area (Å²) in [6.45, 7) is 6.03. The van der Waals surface area contributed by atoms with Gasteiger partial charge in [0.1, 0.15) is 0 Å². The van der Waals surface area contributed by atoms with E-state index in [1.807, 2.05) is 0 Å². The third-order valence-electron chi connectivity index (χ3n) is 6.10. The molecule has 1 heteroatoms. The molecule has 0 radical (unpaired) electrons. The van der Waals surface area contributed by atoms with Crippen LogP contribution in [0.1, 0.15) is 65.2 Å². The molecule has 0 spiro atoms. The standard InChI is InChI=1S/C17H31N/c1-3-8-18-17(12(2)14-6-7-14)11-16-10-13-4-5-15(16)9-13/h12-18H,3-11H2,1-2H3. The van der Waals surface area contributed by atoms with Gasteiger partial charge in [-0.15, -0.1) is 0 Å². The fourth-order valence-corrected chi connectivity index (χ4v) is 4.76. The third kappa shape index (κ3) is 2.76. The number of fused-ring (bicyclic) bond motifs is 2. The van der Waals surface area contributed by atoms with Gasteiger partial charge < -0.3 is 5.32 Å². The first-order chi connectivity index (χ1) is 8.78. The lowest BCUT2D eigenvalue weighted by molar-refractivity contribution is 0.231. The van der Waals surface area contributed by atoms with E-state index in [4.69, 9.17) is 0 Å². The van der Waals surface area contributed by atoms with Gasteiger partial charge in [-0.05, 0) is 81.1 Å². The highest BCUT2D eigenvalue weighted by Gasteiger charge is 2.42. The lowest BCUT2D eigenvalue weighted by Gasteiger charge is -2.31. The van der Waals surface area contributed by atoms with Crippen molar-refractivity contribution in [1.82, 2.24) is 5.32 Å². The largest absolute Gasteiger partial charge is 0.314 e. The van der Waals surface area contributed by atoms with Gasteiger partial charge in [0, 0.05) is 6.04 Å². The van der Waals surface area contributed by atoms with Gasteiger partial charge in [-0.1, -0.05) is 20.3 Å². The molecule has 0 heterocycles. The first kappa shape index (κ1) is 13.0. The number of hydrogen-bond donors (Lipinski definition) is 1. The van der Waals surface area contributed by atoms with Crippen LogP contribution in [0.3, 0.4) is 0 Å². The molecule has 3 fully saturated rings. The molecule has 0 saturated heterocycles. The second kappa shape index (κ2) is 5.53. The number of rotatable bonds is 7. The Morgan fingerprint density at radius 1 is 1.11 bits per heavy atom. The van der Waals surface area contributed by atoms with E-state index in [1.165, 1.54) is 32.2 Å². The van der Waals surface area contributed by atoms with E-state index in [1.54, 1.807) is 25.7 Å². The number of hydrogen-bond acceptors (Lipinski definition) is 1. The molecule has 5 atom stereocenters. The first-order valence-electron chi connectivity index (χ1n) is 8.51. The minimum Gasteiger partial charge on any atom is -0.314 e. The van der Waals surface area contributed by atoms with Gasteiger partial charge in [0.05, 0.1) is 0 Å². The average Bonchev–Trinajstić information content (AvgIpc) is 3.03. The van der Waals surface area contributed by atoms with Gasteiger partial charge in [-0.3, -0.25) is 0 Å². The van der Waals surface area contributed by atoms with Crippen LogP contribution in [-0.4, -0.2) is 12.6 Å². The molecule has 3 aliphatic rings. The van der Waals surface area contributed by atoms with Crippen molar-refractivity contribution >= 4 is 0 Å². The van der Waals surface area contributed by atoms with Crippen LogP contribution in [0.2, 0.25) is 0 Å². The zero-order chi connectivity index (χ0) is 12.5. The summed E-state index contributed by atoms with van der Waals surface area (Å²) in [5.41, 5.74) is 0. The molecule has 1 nitrogen and oxygen atoms in total. The predicted octanol–water partition coefficient (Wildman–Crippen LogP) is 4.23. The second-order valence-electron chi connectivity index (χ2n) is 7.43. The summed E-state index contributed by atoms with van der Waals surface area (Å²) < 4.78 is 0. The highest BCUT2D eigenvalue weighted by atomic mass is 14.9. The summed E-state index contributed by atoms with van der Waals surface area (Å²) in [6, 6.07) is 0.821. The summed E-state index contributed by atoms with van der Waals surface area (Å²) in [4.78, 5) is 0. The van der Waals surface area contributed by atoms with E-state index in [9.17, 15) is 0 Å². The van der Waals surface area contributed by atoms with Crippen molar-refractivity contribution in [3.8, 4) is 0 Å². The summed E-state index contributed by atoms with van der Waals surface area (Å²) in [5, 5.41) is 3.88. The second-order valence-corrected chi connectivity index (χ2v) is 7.43. The molecule has 104 valence electrons. The van der Waals surface area contributed by atoms with Crippen molar-refractivity contribution in [3.63, 3.8) is 0 Å². The molecular formula is C17H31N. The van der Waals surface area contributed by atoms with Crippen molar-refractivity contribution in [2.24, 2.45) is 29.6 Å². The Balaban J connectivity index is 1.54. The lowest BCUT2D eigenvalue weighted by Crippen LogP contribution is -2.39. The van der Waals surface area contributed by atoms with Crippen LogP contribution in [0, 0.1) is 29.6 Å². The summed E-state index contributed by atoms with van der Waals surface area (Å²) in [5.74, 6) is 5.27. The molecule has 18 heavy (non-hydrogen) atoms. The molecule has 5 unspecified atom stereocenters. The van der Waals surface area contributed by atoms with Crippen molar-refractivity contribution in [2.75, 3.05) is 6.54 Å².